The van der Waals surface area contributed by atoms with Crippen molar-refractivity contribution in [2.45, 2.75) is 37.4 Å². The number of nitrogens with one attached hydrogen (secondary N) is 1. The Hall–Kier alpha value is -2.26. The molecule has 126 valence electrons. The molecule has 0 spiro atoms. The van der Waals surface area contributed by atoms with Crippen molar-refractivity contribution in [1.29, 1.82) is 0 Å². The number of rotatable bonds is 6. The van der Waals surface area contributed by atoms with Gasteiger partial charge >= 0.3 is 0 Å². The van der Waals surface area contributed by atoms with Gasteiger partial charge in [-0.3, -0.25) is 4.79 Å². The SMILES string of the molecule is C#CCCC1(CCC(=O)N2CCNC(c3ccccc3F)C2)N=N1. The van der Waals surface area contributed by atoms with Gasteiger partial charge in [0.05, 0.1) is 6.04 Å². The molecule has 0 radical (unpaired) electrons. The summed E-state index contributed by atoms with van der Waals surface area (Å²) in [7, 11) is 0. The quantitative estimate of drug-likeness (QED) is 0.816. The van der Waals surface area contributed by atoms with Gasteiger partial charge in [0.1, 0.15) is 5.82 Å². The molecule has 0 aliphatic carbocycles. The molecule has 6 heteroatoms. The first-order valence-corrected chi connectivity index (χ1v) is 8.27. The third kappa shape index (κ3) is 3.80. The fraction of sp³-hybridized carbons (Fsp3) is 0.500. The van der Waals surface area contributed by atoms with Gasteiger partial charge in [0.15, 0.2) is 5.66 Å². The van der Waals surface area contributed by atoms with Gasteiger partial charge in [-0.15, -0.1) is 12.3 Å². The monoisotopic (exact) mass is 328 g/mol. The van der Waals surface area contributed by atoms with Crippen molar-refractivity contribution >= 4 is 5.91 Å². The maximum absolute atomic E-state index is 13.9. The summed E-state index contributed by atoms with van der Waals surface area (Å²) in [6.07, 6.45) is 7.58. The molecule has 0 saturated carbocycles. The van der Waals surface area contributed by atoms with Crippen LogP contribution in [0.15, 0.2) is 34.5 Å². The maximum atomic E-state index is 13.9. The second kappa shape index (κ2) is 7.10. The summed E-state index contributed by atoms with van der Waals surface area (Å²) in [5.74, 6) is 2.41. The molecule has 1 atom stereocenters. The highest BCUT2D eigenvalue weighted by Gasteiger charge is 2.40. The van der Waals surface area contributed by atoms with E-state index in [4.69, 9.17) is 6.42 Å². The van der Waals surface area contributed by atoms with E-state index in [2.05, 4.69) is 21.5 Å². The van der Waals surface area contributed by atoms with Gasteiger partial charge < -0.3 is 10.2 Å². The molecular weight excluding hydrogens is 307 g/mol. The molecule has 1 aromatic rings. The Balaban J connectivity index is 1.54. The Morgan fingerprint density at radius 1 is 1.42 bits per heavy atom. The largest absolute Gasteiger partial charge is 0.340 e. The second-order valence-corrected chi connectivity index (χ2v) is 6.25. The summed E-state index contributed by atoms with van der Waals surface area (Å²) in [6.45, 7) is 1.77. The Bertz CT molecular complexity index is 676. The summed E-state index contributed by atoms with van der Waals surface area (Å²) >= 11 is 0. The van der Waals surface area contributed by atoms with Crippen molar-refractivity contribution in [2.75, 3.05) is 19.6 Å². The van der Waals surface area contributed by atoms with Crippen LogP contribution in [0.2, 0.25) is 0 Å². The Morgan fingerprint density at radius 3 is 2.92 bits per heavy atom. The van der Waals surface area contributed by atoms with Crippen LogP contribution in [0.3, 0.4) is 0 Å². The molecule has 5 nitrogen and oxygen atoms in total. The van der Waals surface area contributed by atoms with Gasteiger partial charge in [0.25, 0.3) is 0 Å². The number of hydrogen-bond acceptors (Lipinski definition) is 4. The van der Waals surface area contributed by atoms with Gasteiger partial charge in [-0.25, -0.2) is 4.39 Å². The normalized spacial score (nSPS) is 21.3. The highest BCUT2D eigenvalue weighted by molar-refractivity contribution is 5.76. The van der Waals surface area contributed by atoms with E-state index in [-0.39, 0.29) is 17.8 Å². The first kappa shape index (κ1) is 16.6. The minimum atomic E-state index is -0.430. The molecule has 1 unspecified atom stereocenters. The lowest BCUT2D eigenvalue weighted by molar-refractivity contribution is -0.132. The van der Waals surface area contributed by atoms with E-state index >= 15 is 0 Å². The number of hydrogen-bond donors (Lipinski definition) is 1. The van der Waals surface area contributed by atoms with Crippen LogP contribution in [0.1, 0.15) is 37.3 Å². The zero-order chi connectivity index (χ0) is 17.0. The lowest BCUT2D eigenvalue weighted by Crippen LogP contribution is -2.48. The summed E-state index contributed by atoms with van der Waals surface area (Å²) in [6, 6.07) is 6.52. The molecule has 1 aromatic carbocycles. The summed E-state index contributed by atoms with van der Waals surface area (Å²) in [5.41, 5.74) is 0.175. The molecule has 1 fully saturated rings. The highest BCUT2D eigenvalue weighted by atomic mass is 19.1. The molecular formula is C18H21FN4O. The van der Waals surface area contributed by atoms with Gasteiger partial charge in [-0.05, 0) is 6.07 Å². The van der Waals surface area contributed by atoms with Gasteiger partial charge in [0.2, 0.25) is 5.91 Å². The lowest BCUT2D eigenvalue weighted by Gasteiger charge is -2.34. The van der Waals surface area contributed by atoms with Crippen molar-refractivity contribution < 1.29 is 9.18 Å². The predicted octanol–water partition coefficient (Wildman–Crippen LogP) is 2.65. The predicted molar refractivity (Wildman–Crippen MR) is 88.6 cm³/mol. The van der Waals surface area contributed by atoms with Crippen molar-refractivity contribution in [3.63, 3.8) is 0 Å². The van der Waals surface area contributed by atoms with E-state index in [1.54, 1.807) is 17.0 Å². The van der Waals surface area contributed by atoms with E-state index in [0.29, 0.717) is 50.9 Å². The van der Waals surface area contributed by atoms with Crippen LogP contribution in [0.25, 0.3) is 0 Å². The average molecular weight is 328 g/mol. The summed E-state index contributed by atoms with van der Waals surface area (Å²) in [5, 5.41) is 11.4. The molecule has 2 aliphatic heterocycles. The number of carbonyl (C=O) groups excluding carboxylic acids is 1. The zero-order valence-electron chi connectivity index (χ0n) is 13.5. The van der Waals surface area contributed by atoms with Crippen molar-refractivity contribution in [3.05, 3.63) is 35.6 Å². The molecule has 1 N–H and O–H groups in total. The summed E-state index contributed by atoms with van der Waals surface area (Å²) < 4.78 is 13.9. The number of nitrogens with zero attached hydrogens (tertiary/aromatic N) is 3. The fourth-order valence-corrected chi connectivity index (χ4v) is 3.08. The molecule has 1 saturated heterocycles. The number of piperazine rings is 1. The minimum Gasteiger partial charge on any atom is -0.340 e. The molecule has 1 amide bonds. The molecule has 0 aromatic heterocycles. The van der Waals surface area contributed by atoms with E-state index in [9.17, 15) is 9.18 Å². The van der Waals surface area contributed by atoms with Crippen LogP contribution in [0.5, 0.6) is 0 Å². The van der Waals surface area contributed by atoms with Crippen molar-refractivity contribution in [3.8, 4) is 12.3 Å². The van der Waals surface area contributed by atoms with E-state index in [1.165, 1.54) is 6.07 Å². The van der Waals surface area contributed by atoms with Crippen LogP contribution >= 0.6 is 0 Å². The topological polar surface area (TPSA) is 57.1 Å². The van der Waals surface area contributed by atoms with Crippen LogP contribution in [0.4, 0.5) is 4.39 Å². The van der Waals surface area contributed by atoms with Gasteiger partial charge in [-0.2, -0.15) is 10.2 Å². The van der Waals surface area contributed by atoms with Crippen molar-refractivity contribution in [1.82, 2.24) is 10.2 Å². The molecule has 2 aliphatic rings. The van der Waals surface area contributed by atoms with E-state index in [0.717, 1.165) is 0 Å². The second-order valence-electron chi connectivity index (χ2n) is 6.25. The Labute approximate surface area is 141 Å². The van der Waals surface area contributed by atoms with E-state index < -0.39 is 5.66 Å². The molecule has 24 heavy (non-hydrogen) atoms. The van der Waals surface area contributed by atoms with Crippen LogP contribution in [-0.2, 0) is 4.79 Å². The van der Waals surface area contributed by atoms with Crippen LogP contribution < -0.4 is 5.32 Å². The Morgan fingerprint density at radius 2 is 2.21 bits per heavy atom. The number of benzene rings is 1. The van der Waals surface area contributed by atoms with Gasteiger partial charge in [-0.1, -0.05) is 18.2 Å². The Kier molecular flexibility index (Phi) is 4.91. The minimum absolute atomic E-state index is 0.0650. The first-order valence-electron chi connectivity index (χ1n) is 8.27. The number of halogens is 1. The van der Waals surface area contributed by atoms with E-state index in [1.807, 2.05) is 6.07 Å². The molecule has 2 heterocycles. The number of carbonyl (C=O) groups is 1. The highest BCUT2D eigenvalue weighted by Crippen LogP contribution is 2.37. The maximum Gasteiger partial charge on any atom is 0.222 e. The van der Waals surface area contributed by atoms with Gasteiger partial charge in [0, 0.05) is 50.9 Å². The van der Waals surface area contributed by atoms with Crippen LogP contribution in [0, 0.1) is 18.2 Å². The third-order valence-electron chi connectivity index (χ3n) is 4.60. The number of terminal acetylenes is 1. The molecule has 3 rings (SSSR count). The smallest absolute Gasteiger partial charge is 0.222 e. The van der Waals surface area contributed by atoms with Crippen LogP contribution in [-0.4, -0.2) is 36.1 Å². The number of amides is 1. The third-order valence-corrected chi connectivity index (χ3v) is 4.60. The first-order chi connectivity index (χ1) is 11.6. The fourth-order valence-electron chi connectivity index (χ4n) is 3.08. The zero-order valence-corrected chi connectivity index (χ0v) is 13.5. The lowest BCUT2D eigenvalue weighted by atomic mass is 10.0. The van der Waals surface area contributed by atoms with Crippen molar-refractivity contribution in [2.24, 2.45) is 10.2 Å². The standard InChI is InChI=1S/C18H21FN4O/c1-2-3-9-18(21-22-18)10-8-17(24)23-12-11-20-16(13-23)14-6-4-5-7-15(14)19/h1,4-7,16,20H,3,8-13H2. The average Bonchev–Trinajstić information content (AvgIpc) is 3.39. The summed E-state index contributed by atoms with van der Waals surface area (Å²) in [4.78, 5) is 14.3. The molecule has 0 bridgehead atoms.